The molecule has 3 rings (SSSR count). The van der Waals surface area contributed by atoms with Crippen molar-refractivity contribution >= 4 is 36.0 Å². The first-order valence-electron chi connectivity index (χ1n) is 14.6. The molecule has 0 amide bonds. The normalized spacial score (nSPS) is 13.8. The summed E-state index contributed by atoms with van der Waals surface area (Å²) >= 11 is 0. The first kappa shape index (κ1) is 33.0. The summed E-state index contributed by atoms with van der Waals surface area (Å²) < 4.78 is 18.3. The summed E-state index contributed by atoms with van der Waals surface area (Å²) in [5.74, 6) is 0.545. The molecule has 0 aromatic heterocycles. The van der Waals surface area contributed by atoms with Gasteiger partial charge in [-0.3, -0.25) is 0 Å². The van der Waals surface area contributed by atoms with Gasteiger partial charge in [0.25, 0.3) is 8.32 Å². The molecule has 0 aliphatic carbocycles. The summed E-state index contributed by atoms with van der Waals surface area (Å²) in [7, 11) is 0.116. The third kappa shape index (κ3) is 7.47. The average Bonchev–Trinajstić information content (AvgIpc) is 2.94. The van der Waals surface area contributed by atoms with Crippen LogP contribution in [0.3, 0.4) is 0 Å². The highest BCUT2D eigenvalue weighted by Crippen LogP contribution is 2.39. The van der Waals surface area contributed by atoms with Gasteiger partial charge in [0.1, 0.15) is 11.5 Å². The fraction of sp³-hybridized carbons (Fsp3) is 0.389. The van der Waals surface area contributed by atoms with Gasteiger partial charge in [-0.1, -0.05) is 94.4 Å². The van der Waals surface area contributed by atoms with Crippen molar-refractivity contribution in [2.75, 3.05) is 14.2 Å². The molecule has 1 unspecified atom stereocenters. The van der Waals surface area contributed by atoms with Gasteiger partial charge in [0, 0.05) is 6.42 Å². The highest BCUT2D eigenvalue weighted by Gasteiger charge is 2.51. The Bertz CT molecular complexity index is 1350. The molecule has 0 fully saturated rings. The van der Waals surface area contributed by atoms with Gasteiger partial charge in [-0.25, -0.2) is 4.79 Å². The molecular weight excluding hydrogens is 540 g/mol. The summed E-state index contributed by atoms with van der Waals surface area (Å²) in [6.07, 6.45) is 2.91. The quantitative estimate of drug-likeness (QED) is 0.167. The summed E-state index contributed by atoms with van der Waals surface area (Å²) in [4.78, 5) is 25.0. The smallest absolute Gasteiger partial charge is 0.338 e. The van der Waals surface area contributed by atoms with Gasteiger partial charge < -0.3 is 18.7 Å². The molecule has 0 bridgehead atoms. The van der Waals surface area contributed by atoms with Crippen LogP contribution < -0.4 is 15.1 Å². The third-order valence-electron chi connectivity index (χ3n) is 7.82. The van der Waals surface area contributed by atoms with E-state index in [1.54, 1.807) is 14.0 Å². The largest absolute Gasteiger partial charge is 0.496 e. The number of carbonyl (C=O) groups excluding carboxylic acids is 2. The minimum atomic E-state index is -2.90. The van der Waals surface area contributed by atoms with E-state index in [2.05, 4.69) is 82.3 Å². The molecule has 3 aromatic rings. The summed E-state index contributed by atoms with van der Waals surface area (Å²) in [6, 6.07) is 24.8. The summed E-state index contributed by atoms with van der Waals surface area (Å²) in [5, 5.41) is 2.15. The fourth-order valence-corrected chi connectivity index (χ4v) is 10.6. The molecule has 224 valence electrons. The SMILES string of the molecule is COC(=O)c1cc(C)c(OC)cc1/C(C)=C/C(C[C@H](C)CC(C)=O)O[Si](c1ccccc1)(c1ccccc1)C(C)(C)C. The van der Waals surface area contributed by atoms with E-state index in [0.29, 0.717) is 24.2 Å². The molecule has 0 N–H and O–H groups in total. The highest BCUT2D eigenvalue weighted by atomic mass is 28.4. The highest BCUT2D eigenvalue weighted by molar-refractivity contribution is 6.99. The number of methoxy groups -OCH3 is 2. The van der Waals surface area contributed by atoms with Gasteiger partial charge in [-0.2, -0.15) is 0 Å². The van der Waals surface area contributed by atoms with Gasteiger partial charge in [0.15, 0.2) is 0 Å². The number of benzene rings is 3. The number of aryl methyl sites for hydroxylation is 1. The van der Waals surface area contributed by atoms with E-state index < -0.39 is 14.3 Å². The van der Waals surface area contributed by atoms with Crippen LogP contribution in [0.25, 0.3) is 5.57 Å². The first-order chi connectivity index (χ1) is 19.8. The lowest BCUT2D eigenvalue weighted by Gasteiger charge is -2.45. The van der Waals surface area contributed by atoms with E-state index in [4.69, 9.17) is 13.9 Å². The molecule has 0 radical (unpaired) electrons. The third-order valence-corrected chi connectivity index (χ3v) is 12.9. The molecule has 0 aliphatic rings. The zero-order chi connectivity index (χ0) is 31.1. The Kier molecular flexibility index (Phi) is 11.1. The standard InChI is InChI=1S/C36H46O5Si/c1-25(20-28(4)37)21-29(22-26(2)32-24-34(39-8)27(3)23-33(32)35(38)40-9)41-42(36(5,6)7,30-16-12-10-13-17-30)31-18-14-11-15-19-31/h10-19,22-25,29H,20-21H2,1-9H3/b26-22+/t25-,29?/m1/s1. The Hall–Kier alpha value is -3.48. The Morgan fingerprint density at radius 3 is 1.88 bits per heavy atom. The minimum Gasteiger partial charge on any atom is -0.496 e. The van der Waals surface area contributed by atoms with Crippen molar-refractivity contribution in [2.45, 2.75) is 72.5 Å². The number of allylic oxidation sites excluding steroid dienone is 1. The van der Waals surface area contributed by atoms with Crippen LogP contribution in [0.15, 0.2) is 78.9 Å². The van der Waals surface area contributed by atoms with E-state index in [0.717, 1.165) is 16.7 Å². The molecular formula is C36H46O5Si. The molecule has 2 atom stereocenters. The molecule has 0 saturated carbocycles. The molecule has 0 aliphatic heterocycles. The van der Waals surface area contributed by atoms with Crippen LogP contribution in [0, 0.1) is 12.8 Å². The lowest BCUT2D eigenvalue weighted by Crippen LogP contribution is -2.67. The number of hydrogen-bond acceptors (Lipinski definition) is 5. The maximum absolute atomic E-state index is 12.9. The maximum Gasteiger partial charge on any atom is 0.338 e. The lowest BCUT2D eigenvalue weighted by molar-refractivity contribution is -0.117. The predicted molar refractivity (Wildman–Crippen MR) is 174 cm³/mol. The molecule has 0 heterocycles. The second-order valence-corrected chi connectivity index (χ2v) is 16.5. The van der Waals surface area contributed by atoms with Gasteiger partial charge in [-0.05, 0) is 77.4 Å². The van der Waals surface area contributed by atoms with Crippen LogP contribution in [-0.2, 0) is 14.0 Å². The van der Waals surface area contributed by atoms with Crippen molar-refractivity contribution in [3.63, 3.8) is 0 Å². The van der Waals surface area contributed by atoms with E-state index in [-0.39, 0.29) is 22.8 Å². The Morgan fingerprint density at radius 2 is 1.43 bits per heavy atom. The number of hydrogen-bond donors (Lipinski definition) is 0. The second kappa shape index (κ2) is 14.1. The minimum absolute atomic E-state index is 0.0994. The molecule has 42 heavy (non-hydrogen) atoms. The van der Waals surface area contributed by atoms with Crippen LogP contribution in [0.5, 0.6) is 5.75 Å². The van der Waals surface area contributed by atoms with Crippen LogP contribution in [0.4, 0.5) is 0 Å². The van der Waals surface area contributed by atoms with Gasteiger partial charge >= 0.3 is 5.97 Å². The summed E-state index contributed by atoms with van der Waals surface area (Å²) in [5.41, 5.74) is 2.95. The van der Waals surface area contributed by atoms with Crippen molar-refractivity contribution in [3.05, 3.63) is 95.6 Å². The lowest BCUT2D eigenvalue weighted by atomic mass is 9.93. The number of esters is 1. The van der Waals surface area contributed by atoms with Crippen LogP contribution in [-0.4, -0.2) is 40.4 Å². The van der Waals surface area contributed by atoms with Gasteiger partial charge in [-0.15, -0.1) is 0 Å². The van der Waals surface area contributed by atoms with Crippen molar-refractivity contribution < 1.29 is 23.5 Å². The number of ether oxygens (including phenoxy) is 2. The molecule has 0 spiro atoms. The van der Waals surface area contributed by atoms with Gasteiger partial charge in [0.05, 0.1) is 25.9 Å². The van der Waals surface area contributed by atoms with Crippen molar-refractivity contribution in [1.29, 1.82) is 0 Å². The van der Waals surface area contributed by atoms with Crippen molar-refractivity contribution in [1.82, 2.24) is 0 Å². The maximum atomic E-state index is 12.9. The molecule has 6 heteroatoms. The summed E-state index contributed by atoms with van der Waals surface area (Å²) in [6.45, 7) is 14.4. The second-order valence-electron chi connectivity index (χ2n) is 12.3. The average molecular weight is 587 g/mol. The van der Waals surface area contributed by atoms with E-state index in [9.17, 15) is 9.59 Å². The first-order valence-corrected chi connectivity index (χ1v) is 16.5. The van der Waals surface area contributed by atoms with Crippen molar-refractivity contribution in [2.24, 2.45) is 5.92 Å². The van der Waals surface area contributed by atoms with Gasteiger partial charge in [0.2, 0.25) is 0 Å². The Balaban J connectivity index is 2.27. The number of rotatable bonds is 12. The monoisotopic (exact) mass is 586 g/mol. The molecule has 5 nitrogen and oxygen atoms in total. The van der Waals surface area contributed by atoms with Crippen LogP contribution in [0.2, 0.25) is 5.04 Å². The Labute approximate surface area is 253 Å². The van der Waals surface area contributed by atoms with E-state index >= 15 is 0 Å². The zero-order valence-corrected chi connectivity index (χ0v) is 27.6. The predicted octanol–water partition coefficient (Wildman–Crippen LogP) is 7.14. The molecule has 3 aromatic carbocycles. The topological polar surface area (TPSA) is 61.8 Å². The van der Waals surface area contributed by atoms with Crippen LogP contribution >= 0.6 is 0 Å². The molecule has 0 saturated heterocycles. The number of carbonyl (C=O) groups is 2. The number of ketones is 1. The Morgan fingerprint density at radius 1 is 0.881 bits per heavy atom. The van der Waals surface area contributed by atoms with Crippen LogP contribution in [0.1, 0.15) is 75.9 Å². The van der Waals surface area contributed by atoms with E-state index in [1.165, 1.54) is 17.5 Å². The van der Waals surface area contributed by atoms with E-state index in [1.807, 2.05) is 38.1 Å². The zero-order valence-electron chi connectivity index (χ0n) is 26.6. The number of Topliss-reactive ketones (excluding diaryl/α,β-unsaturated/α-hetero) is 1. The fourth-order valence-electron chi connectivity index (χ4n) is 5.92. The van der Waals surface area contributed by atoms with Crippen molar-refractivity contribution in [3.8, 4) is 5.75 Å².